The lowest BCUT2D eigenvalue weighted by atomic mass is 10.1. The first kappa shape index (κ1) is 30.8. The molecule has 11 nitrogen and oxygen atoms in total. The minimum Gasteiger partial charge on any atom is -0.462 e. The van der Waals surface area contributed by atoms with Gasteiger partial charge >= 0.3 is 12.1 Å². The molecule has 0 aliphatic rings. The molecule has 1 atom stereocenters. The minimum atomic E-state index is -0.958. The molecule has 0 spiro atoms. The molecule has 2 amide bonds. The van der Waals surface area contributed by atoms with Gasteiger partial charge in [-0.25, -0.2) is 20.0 Å². The summed E-state index contributed by atoms with van der Waals surface area (Å²) in [4.78, 5) is 44.7. The normalized spacial score (nSPS) is 11.7. The fourth-order valence-corrected chi connectivity index (χ4v) is 4.43. The van der Waals surface area contributed by atoms with Crippen molar-refractivity contribution in [1.82, 2.24) is 25.3 Å². The summed E-state index contributed by atoms with van der Waals surface area (Å²) in [6.07, 6.45) is 5.86. The number of hydrogen-bond donors (Lipinski definition) is 3. The number of H-pyrrole nitrogens is 1. The van der Waals surface area contributed by atoms with Crippen LogP contribution in [0.15, 0.2) is 78.3 Å². The van der Waals surface area contributed by atoms with Gasteiger partial charge in [-0.1, -0.05) is 43.7 Å². The van der Waals surface area contributed by atoms with Crippen LogP contribution >= 0.6 is 0 Å². The summed E-state index contributed by atoms with van der Waals surface area (Å²) in [5.41, 5.74) is 8.02. The number of carbonyl (C=O) groups excluding carboxylic acids is 3. The molecule has 0 fully saturated rings. The van der Waals surface area contributed by atoms with E-state index >= 15 is 0 Å². The predicted molar refractivity (Wildman–Crippen MR) is 162 cm³/mol. The summed E-state index contributed by atoms with van der Waals surface area (Å²) < 4.78 is 12.6. The smallest absolute Gasteiger partial charge is 0.408 e. The van der Waals surface area contributed by atoms with Crippen molar-refractivity contribution in [2.75, 3.05) is 6.61 Å². The molecule has 0 unspecified atom stereocenters. The molecule has 0 bridgehead atoms. The van der Waals surface area contributed by atoms with Gasteiger partial charge in [0.1, 0.15) is 12.6 Å². The van der Waals surface area contributed by atoms with E-state index in [2.05, 4.69) is 25.8 Å². The largest absolute Gasteiger partial charge is 0.462 e. The van der Waals surface area contributed by atoms with E-state index in [4.69, 9.17) is 9.47 Å². The van der Waals surface area contributed by atoms with Crippen LogP contribution in [0.1, 0.15) is 58.3 Å². The number of amides is 2. The van der Waals surface area contributed by atoms with Gasteiger partial charge in [0.15, 0.2) is 0 Å². The van der Waals surface area contributed by atoms with Crippen molar-refractivity contribution in [1.29, 1.82) is 0 Å². The molecular formula is C32H36N6O5. The average molecular weight is 585 g/mol. The van der Waals surface area contributed by atoms with Crippen molar-refractivity contribution >= 4 is 24.2 Å². The molecule has 3 N–H and O–H groups in total. The highest BCUT2D eigenvalue weighted by atomic mass is 16.5. The maximum absolute atomic E-state index is 13.0. The highest BCUT2D eigenvalue weighted by molar-refractivity contribution is 5.90. The first-order valence-electron chi connectivity index (χ1n) is 14.1. The number of nitrogens with one attached hydrogen (secondary N) is 3. The summed E-state index contributed by atoms with van der Waals surface area (Å²) in [5, 5.41) is 6.77. The van der Waals surface area contributed by atoms with Crippen LogP contribution in [0.4, 0.5) is 4.79 Å². The van der Waals surface area contributed by atoms with E-state index in [1.807, 2.05) is 73.9 Å². The number of esters is 1. The number of aryl methyl sites for hydroxylation is 1. The van der Waals surface area contributed by atoms with Crippen LogP contribution in [0.5, 0.6) is 0 Å². The Labute approximate surface area is 250 Å². The van der Waals surface area contributed by atoms with Crippen molar-refractivity contribution in [3.8, 4) is 5.69 Å². The molecule has 4 aromatic rings. The summed E-state index contributed by atoms with van der Waals surface area (Å²) in [5.74, 6) is -0.855. The van der Waals surface area contributed by atoms with E-state index in [0.29, 0.717) is 17.9 Å². The average Bonchev–Trinajstić information content (AvgIpc) is 3.63. The lowest BCUT2D eigenvalue weighted by molar-refractivity contribution is -0.123. The van der Waals surface area contributed by atoms with Gasteiger partial charge in [0.25, 0.3) is 5.91 Å². The number of rotatable bonds is 13. The maximum Gasteiger partial charge on any atom is 0.408 e. The third-order valence-electron chi connectivity index (χ3n) is 6.74. The Morgan fingerprint density at radius 1 is 1.07 bits per heavy atom. The lowest BCUT2D eigenvalue weighted by Gasteiger charge is -2.16. The Balaban J connectivity index is 1.39. The standard InChI is InChI=1S/C32H36N6O5/c1-4-5-15-42-31(40)25-11-13-28(14-12-25)38-22(2)16-26(23(38)3)18-35-37-30(39)29(17-27-19-33-21-34-27)36-32(41)43-20-24-9-7-6-8-10-24/h6-14,16,18-19,21,29H,4-5,15,17,20H2,1-3H3,(H,33,34)(H,36,41)(H,37,39)/b35-18-/t29-/m0/s1. The van der Waals surface area contributed by atoms with Crippen molar-refractivity contribution in [2.24, 2.45) is 5.10 Å². The molecule has 2 aromatic carbocycles. The van der Waals surface area contributed by atoms with Gasteiger partial charge < -0.3 is 24.3 Å². The van der Waals surface area contributed by atoms with Crippen LogP contribution < -0.4 is 10.7 Å². The van der Waals surface area contributed by atoms with Crippen LogP contribution in [0.3, 0.4) is 0 Å². The highest BCUT2D eigenvalue weighted by Gasteiger charge is 2.23. The lowest BCUT2D eigenvalue weighted by Crippen LogP contribution is -2.47. The minimum absolute atomic E-state index is 0.0740. The Kier molecular flexibility index (Phi) is 10.8. The number of hydrazone groups is 1. The Morgan fingerprint density at radius 3 is 2.53 bits per heavy atom. The third-order valence-corrected chi connectivity index (χ3v) is 6.74. The van der Waals surface area contributed by atoms with Crippen LogP contribution in [-0.2, 0) is 27.3 Å². The van der Waals surface area contributed by atoms with Crippen LogP contribution in [0, 0.1) is 13.8 Å². The second-order valence-electron chi connectivity index (χ2n) is 9.97. The zero-order valence-corrected chi connectivity index (χ0v) is 24.5. The van der Waals surface area contributed by atoms with E-state index in [1.54, 1.807) is 24.5 Å². The van der Waals surface area contributed by atoms with E-state index in [1.165, 1.54) is 6.33 Å². The second-order valence-corrected chi connectivity index (χ2v) is 9.97. The fraction of sp³-hybridized carbons (Fsp3) is 0.281. The van der Waals surface area contributed by atoms with Gasteiger partial charge in [-0.15, -0.1) is 0 Å². The van der Waals surface area contributed by atoms with Crippen molar-refractivity contribution in [3.05, 3.63) is 107 Å². The van der Waals surface area contributed by atoms with E-state index < -0.39 is 18.0 Å². The molecule has 43 heavy (non-hydrogen) atoms. The highest BCUT2D eigenvalue weighted by Crippen LogP contribution is 2.20. The van der Waals surface area contributed by atoms with Gasteiger partial charge in [0.2, 0.25) is 0 Å². The topological polar surface area (TPSA) is 140 Å². The zero-order chi connectivity index (χ0) is 30.6. The van der Waals surface area contributed by atoms with Gasteiger partial charge in [-0.2, -0.15) is 5.10 Å². The number of unbranched alkanes of at least 4 members (excludes halogenated alkanes) is 1. The predicted octanol–water partition coefficient (Wildman–Crippen LogP) is 4.76. The van der Waals surface area contributed by atoms with Crippen molar-refractivity contribution in [2.45, 2.75) is 52.7 Å². The number of imidazole rings is 1. The molecular weight excluding hydrogens is 548 g/mol. The van der Waals surface area contributed by atoms with Crippen LogP contribution in [-0.4, -0.2) is 51.4 Å². The maximum atomic E-state index is 13.0. The molecule has 11 heteroatoms. The summed E-state index contributed by atoms with van der Waals surface area (Å²) >= 11 is 0. The Bertz CT molecular complexity index is 1530. The molecule has 4 rings (SSSR count). The Hall–Kier alpha value is -5.19. The SMILES string of the molecule is CCCCOC(=O)c1ccc(-n2c(C)cc(/C=N\NC(=O)[C@H](Cc3cnc[nH]3)NC(=O)OCc3ccccc3)c2C)cc1. The number of carbonyl (C=O) groups is 3. The first-order chi connectivity index (χ1) is 20.9. The number of hydrogen-bond acceptors (Lipinski definition) is 7. The van der Waals surface area contributed by atoms with Crippen molar-refractivity contribution in [3.63, 3.8) is 0 Å². The van der Waals surface area contributed by atoms with E-state index in [9.17, 15) is 14.4 Å². The number of aromatic nitrogens is 3. The third kappa shape index (κ3) is 8.65. The number of aromatic amines is 1. The molecule has 0 aliphatic carbocycles. The fourth-order valence-electron chi connectivity index (χ4n) is 4.43. The van der Waals surface area contributed by atoms with Crippen LogP contribution in [0.2, 0.25) is 0 Å². The number of nitrogens with zero attached hydrogens (tertiary/aromatic N) is 3. The molecule has 0 radical (unpaired) electrons. The molecule has 2 aromatic heterocycles. The van der Waals surface area contributed by atoms with Gasteiger partial charge in [0.05, 0.1) is 24.7 Å². The monoisotopic (exact) mass is 584 g/mol. The molecule has 0 saturated heterocycles. The van der Waals surface area contributed by atoms with E-state index in [-0.39, 0.29) is 19.0 Å². The van der Waals surface area contributed by atoms with Crippen LogP contribution in [0.25, 0.3) is 5.69 Å². The molecule has 0 aliphatic heterocycles. The molecule has 2 heterocycles. The Morgan fingerprint density at radius 2 is 1.84 bits per heavy atom. The number of benzene rings is 2. The van der Waals surface area contributed by atoms with Gasteiger partial charge in [-0.3, -0.25) is 4.79 Å². The van der Waals surface area contributed by atoms with Gasteiger partial charge in [-0.05, 0) is 56.2 Å². The van der Waals surface area contributed by atoms with E-state index in [0.717, 1.165) is 41.0 Å². The number of alkyl carbamates (subject to hydrolysis) is 1. The summed E-state index contributed by atoms with van der Waals surface area (Å²) in [6.45, 7) is 6.42. The summed E-state index contributed by atoms with van der Waals surface area (Å²) in [6, 6.07) is 17.5. The zero-order valence-electron chi connectivity index (χ0n) is 24.5. The first-order valence-corrected chi connectivity index (χ1v) is 14.1. The molecule has 0 saturated carbocycles. The summed E-state index contributed by atoms with van der Waals surface area (Å²) in [7, 11) is 0. The second kappa shape index (κ2) is 15.2. The quantitative estimate of drug-likeness (QED) is 0.0896. The van der Waals surface area contributed by atoms with Gasteiger partial charge in [0, 0.05) is 41.0 Å². The van der Waals surface area contributed by atoms with Crippen molar-refractivity contribution < 1.29 is 23.9 Å². The number of ether oxygens (including phenoxy) is 2. The molecule has 224 valence electrons.